The molecule has 0 saturated heterocycles. The fraction of sp³-hybridized carbons (Fsp3) is 0.0526. The lowest BCUT2D eigenvalue weighted by atomic mass is 10.0. The quantitative estimate of drug-likeness (QED) is 0.670. The van der Waals surface area contributed by atoms with E-state index in [9.17, 15) is 13.2 Å². The number of rotatable bonds is 5. The molecule has 0 aliphatic carbocycles. The molecule has 1 heterocycles. The number of carbonyl (C=O) groups excluding carboxylic acids is 1. The van der Waals surface area contributed by atoms with E-state index in [1.54, 1.807) is 30.5 Å². The third-order valence-corrected chi connectivity index (χ3v) is 5.34. The molecule has 0 saturated carbocycles. The second-order valence-corrected chi connectivity index (χ2v) is 7.80. The predicted molar refractivity (Wildman–Crippen MR) is 101 cm³/mol. The summed E-state index contributed by atoms with van der Waals surface area (Å²) in [6.07, 6.45) is 2.97. The Balaban J connectivity index is 2.01. The van der Waals surface area contributed by atoms with Crippen molar-refractivity contribution in [3.8, 4) is 0 Å². The zero-order valence-corrected chi connectivity index (χ0v) is 15.4. The molecule has 0 amide bonds. The minimum absolute atomic E-state index is 0.109. The standard InChI is InChI=1S/C19H15ClN2O3S/c1-13-4-7-16(8-5-13)26(24,25)22-18-9-6-15(20)11-17(18)19(23)14-3-2-10-21-12-14/h2-12,22H,1H3. The minimum Gasteiger partial charge on any atom is -0.288 e. The molecule has 1 N–H and O–H groups in total. The van der Waals surface area contributed by atoms with E-state index < -0.39 is 10.0 Å². The van der Waals surface area contributed by atoms with E-state index in [4.69, 9.17) is 11.6 Å². The van der Waals surface area contributed by atoms with Crippen molar-refractivity contribution in [2.75, 3.05) is 4.72 Å². The van der Waals surface area contributed by atoms with E-state index in [1.807, 2.05) is 6.92 Å². The topological polar surface area (TPSA) is 76.1 Å². The van der Waals surface area contributed by atoms with Crippen LogP contribution in [0, 0.1) is 6.92 Å². The van der Waals surface area contributed by atoms with Gasteiger partial charge in [0.1, 0.15) is 0 Å². The van der Waals surface area contributed by atoms with Crippen molar-refractivity contribution < 1.29 is 13.2 Å². The average molecular weight is 387 g/mol. The Morgan fingerprint density at radius 1 is 1.08 bits per heavy atom. The molecule has 0 radical (unpaired) electrons. The Labute approximate surface area is 156 Å². The molecule has 26 heavy (non-hydrogen) atoms. The Morgan fingerprint density at radius 3 is 2.46 bits per heavy atom. The SMILES string of the molecule is Cc1ccc(S(=O)(=O)Nc2ccc(Cl)cc2C(=O)c2cccnc2)cc1. The van der Waals surface area contributed by atoms with Gasteiger partial charge in [0, 0.05) is 28.5 Å². The van der Waals surface area contributed by atoms with Crippen molar-refractivity contribution >= 4 is 33.1 Å². The summed E-state index contributed by atoms with van der Waals surface area (Å²) in [5.41, 5.74) is 1.60. The number of nitrogens with one attached hydrogen (secondary N) is 1. The Morgan fingerprint density at radius 2 is 1.81 bits per heavy atom. The molecule has 7 heteroatoms. The monoisotopic (exact) mass is 386 g/mol. The fourth-order valence-electron chi connectivity index (χ4n) is 2.37. The molecule has 5 nitrogen and oxygen atoms in total. The number of carbonyl (C=O) groups is 1. The number of aryl methyl sites for hydroxylation is 1. The van der Waals surface area contributed by atoms with E-state index in [-0.39, 0.29) is 21.9 Å². The molecule has 0 bridgehead atoms. The number of ketones is 1. The van der Waals surface area contributed by atoms with E-state index in [2.05, 4.69) is 9.71 Å². The number of halogens is 1. The molecule has 0 fully saturated rings. The second-order valence-electron chi connectivity index (χ2n) is 5.68. The zero-order chi connectivity index (χ0) is 18.7. The Bertz CT molecular complexity index is 1050. The minimum atomic E-state index is -3.84. The van der Waals surface area contributed by atoms with Crippen molar-refractivity contribution in [3.63, 3.8) is 0 Å². The summed E-state index contributed by atoms with van der Waals surface area (Å²) in [6.45, 7) is 1.87. The van der Waals surface area contributed by atoms with Crippen LogP contribution in [0.25, 0.3) is 0 Å². The molecule has 0 spiro atoms. The van der Waals surface area contributed by atoms with Crippen molar-refractivity contribution in [1.82, 2.24) is 4.98 Å². The van der Waals surface area contributed by atoms with Gasteiger partial charge in [0.15, 0.2) is 5.78 Å². The van der Waals surface area contributed by atoms with Crippen molar-refractivity contribution in [3.05, 3.63) is 88.7 Å². The fourth-order valence-corrected chi connectivity index (χ4v) is 3.62. The first kappa shape index (κ1) is 18.1. The van der Waals surface area contributed by atoms with Crippen LogP contribution in [0.5, 0.6) is 0 Å². The first-order valence-electron chi connectivity index (χ1n) is 7.70. The van der Waals surface area contributed by atoms with Crippen molar-refractivity contribution in [1.29, 1.82) is 0 Å². The molecule has 3 rings (SSSR count). The molecule has 0 unspecified atom stereocenters. The molecule has 0 atom stereocenters. The van der Waals surface area contributed by atoms with Crippen LogP contribution in [0.15, 0.2) is 71.9 Å². The smallest absolute Gasteiger partial charge is 0.261 e. The maximum Gasteiger partial charge on any atom is 0.261 e. The lowest BCUT2D eigenvalue weighted by molar-refractivity contribution is 0.103. The first-order chi connectivity index (χ1) is 12.4. The summed E-state index contributed by atoms with van der Waals surface area (Å²) in [5, 5.41) is 0.329. The van der Waals surface area contributed by atoms with Gasteiger partial charge in [-0.3, -0.25) is 14.5 Å². The lowest BCUT2D eigenvalue weighted by Gasteiger charge is -2.13. The van der Waals surface area contributed by atoms with Crippen LogP contribution in [0.3, 0.4) is 0 Å². The normalized spacial score (nSPS) is 11.2. The largest absolute Gasteiger partial charge is 0.288 e. The zero-order valence-electron chi connectivity index (χ0n) is 13.8. The average Bonchev–Trinajstić information content (AvgIpc) is 2.63. The summed E-state index contributed by atoms with van der Waals surface area (Å²) in [7, 11) is -3.84. The van der Waals surface area contributed by atoms with Gasteiger partial charge in [-0.15, -0.1) is 0 Å². The summed E-state index contributed by atoms with van der Waals surface area (Å²) < 4.78 is 27.8. The molecule has 1 aromatic heterocycles. The number of benzene rings is 2. The van der Waals surface area contributed by atoms with Crippen LogP contribution < -0.4 is 4.72 Å². The summed E-state index contributed by atoms with van der Waals surface area (Å²) in [6, 6.07) is 14.1. The van der Waals surface area contributed by atoms with E-state index >= 15 is 0 Å². The highest BCUT2D eigenvalue weighted by atomic mass is 35.5. The van der Waals surface area contributed by atoms with Gasteiger partial charge in [0.25, 0.3) is 10.0 Å². The van der Waals surface area contributed by atoms with E-state index in [0.29, 0.717) is 10.6 Å². The molecule has 3 aromatic rings. The summed E-state index contributed by atoms with van der Waals surface area (Å²) in [5.74, 6) is -0.373. The Hall–Kier alpha value is -2.70. The Kier molecular flexibility index (Phi) is 5.06. The summed E-state index contributed by atoms with van der Waals surface area (Å²) >= 11 is 6.01. The van der Waals surface area contributed by atoms with Crippen LogP contribution in [0.1, 0.15) is 21.5 Å². The summed E-state index contributed by atoms with van der Waals surface area (Å²) in [4.78, 5) is 16.8. The molecule has 0 aliphatic rings. The number of aromatic nitrogens is 1. The number of sulfonamides is 1. The maximum atomic E-state index is 12.8. The van der Waals surface area contributed by atoms with Gasteiger partial charge >= 0.3 is 0 Å². The maximum absolute atomic E-state index is 12.8. The molecular formula is C19H15ClN2O3S. The molecule has 2 aromatic carbocycles. The van der Waals surface area contributed by atoms with Gasteiger partial charge in [-0.05, 0) is 49.4 Å². The lowest BCUT2D eigenvalue weighted by Crippen LogP contribution is -2.16. The van der Waals surface area contributed by atoms with Crippen molar-refractivity contribution in [2.45, 2.75) is 11.8 Å². The van der Waals surface area contributed by atoms with Crippen LogP contribution in [0.2, 0.25) is 5.02 Å². The molecule has 132 valence electrons. The number of hydrogen-bond acceptors (Lipinski definition) is 4. The third kappa shape index (κ3) is 3.92. The third-order valence-electron chi connectivity index (χ3n) is 3.73. The number of pyridine rings is 1. The predicted octanol–water partition coefficient (Wildman–Crippen LogP) is 4.08. The number of hydrogen-bond donors (Lipinski definition) is 1. The number of anilines is 1. The number of nitrogens with zero attached hydrogens (tertiary/aromatic N) is 1. The highest BCUT2D eigenvalue weighted by Crippen LogP contribution is 2.26. The van der Waals surface area contributed by atoms with Crippen molar-refractivity contribution in [2.24, 2.45) is 0 Å². The van der Waals surface area contributed by atoms with Gasteiger partial charge in [-0.2, -0.15) is 0 Å². The van der Waals surface area contributed by atoms with Crippen LogP contribution in [0.4, 0.5) is 5.69 Å². The van der Waals surface area contributed by atoms with Gasteiger partial charge in [0.05, 0.1) is 10.6 Å². The highest BCUT2D eigenvalue weighted by molar-refractivity contribution is 7.92. The molecular weight excluding hydrogens is 372 g/mol. The van der Waals surface area contributed by atoms with Gasteiger partial charge < -0.3 is 0 Å². The second kappa shape index (κ2) is 7.27. The van der Waals surface area contributed by atoms with Crippen LogP contribution in [-0.4, -0.2) is 19.2 Å². The highest BCUT2D eigenvalue weighted by Gasteiger charge is 2.20. The van der Waals surface area contributed by atoms with Crippen LogP contribution >= 0.6 is 11.6 Å². The van der Waals surface area contributed by atoms with Gasteiger partial charge in [-0.1, -0.05) is 29.3 Å². The van der Waals surface area contributed by atoms with E-state index in [0.717, 1.165) is 5.56 Å². The molecule has 0 aliphatic heterocycles. The van der Waals surface area contributed by atoms with Gasteiger partial charge in [-0.25, -0.2) is 8.42 Å². The van der Waals surface area contributed by atoms with E-state index in [1.165, 1.54) is 36.5 Å². The first-order valence-corrected chi connectivity index (χ1v) is 9.57. The van der Waals surface area contributed by atoms with Gasteiger partial charge in [0.2, 0.25) is 0 Å². The van der Waals surface area contributed by atoms with Crippen LogP contribution in [-0.2, 0) is 10.0 Å².